The first-order valence-electron chi connectivity index (χ1n) is 5.73. The second kappa shape index (κ2) is 5.54. The van der Waals surface area contributed by atoms with E-state index in [-0.39, 0.29) is 0 Å². The third kappa shape index (κ3) is 2.93. The van der Waals surface area contributed by atoms with Crippen LogP contribution < -0.4 is 5.32 Å². The summed E-state index contributed by atoms with van der Waals surface area (Å²) in [7, 11) is 1.61. The van der Waals surface area contributed by atoms with Crippen LogP contribution in [0.1, 0.15) is 22.9 Å². The smallest absolute Gasteiger partial charge is 0.308 e. The SMILES string of the molecule is CNC(c1ccc(C(F)(F)F)c(F)c1)c1ccncn1. The summed E-state index contributed by atoms with van der Waals surface area (Å²) in [5.41, 5.74) is -0.378. The van der Waals surface area contributed by atoms with Gasteiger partial charge in [0.2, 0.25) is 0 Å². The lowest BCUT2D eigenvalue weighted by Crippen LogP contribution is -2.19. The molecule has 0 aliphatic carbocycles. The minimum Gasteiger partial charge on any atom is -0.308 e. The predicted octanol–water partition coefficient (Wildman–Crippen LogP) is 2.94. The largest absolute Gasteiger partial charge is 0.419 e. The molecule has 0 saturated heterocycles. The number of aromatic nitrogens is 2. The lowest BCUT2D eigenvalue weighted by atomic mass is 10.0. The van der Waals surface area contributed by atoms with Crippen molar-refractivity contribution in [2.45, 2.75) is 12.2 Å². The molecule has 1 aromatic heterocycles. The van der Waals surface area contributed by atoms with Crippen molar-refractivity contribution in [3.05, 3.63) is 59.4 Å². The van der Waals surface area contributed by atoms with Crippen molar-refractivity contribution in [2.75, 3.05) is 7.05 Å². The zero-order valence-corrected chi connectivity index (χ0v) is 10.4. The quantitative estimate of drug-likeness (QED) is 0.881. The Hall–Kier alpha value is -2.02. The maximum absolute atomic E-state index is 13.6. The van der Waals surface area contributed by atoms with Gasteiger partial charge in [0.15, 0.2) is 0 Å². The molecule has 0 spiro atoms. The fourth-order valence-corrected chi connectivity index (χ4v) is 1.90. The Bertz CT molecular complexity index is 584. The molecule has 20 heavy (non-hydrogen) atoms. The van der Waals surface area contributed by atoms with Crippen LogP contribution in [0.4, 0.5) is 17.6 Å². The van der Waals surface area contributed by atoms with Crippen LogP contribution in [0.25, 0.3) is 0 Å². The molecule has 2 rings (SSSR count). The normalized spacial score (nSPS) is 13.2. The fraction of sp³-hybridized carbons (Fsp3) is 0.231. The van der Waals surface area contributed by atoms with Gasteiger partial charge in [-0.1, -0.05) is 6.07 Å². The maximum atomic E-state index is 13.6. The Morgan fingerprint density at radius 3 is 2.45 bits per heavy atom. The first-order valence-corrected chi connectivity index (χ1v) is 5.73. The standard InChI is InChI=1S/C13H11F4N3/c1-18-12(11-4-5-19-7-20-11)8-2-3-9(10(14)6-8)13(15,16)17/h2-7,12,18H,1H3. The van der Waals surface area contributed by atoms with Gasteiger partial charge >= 0.3 is 6.18 Å². The Kier molecular flexibility index (Phi) is 3.99. The Morgan fingerprint density at radius 1 is 1.20 bits per heavy atom. The van der Waals surface area contributed by atoms with Crippen LogP contribution in [0, 0.1) is 5.82 Å². The highest BCUT2D eigenvalue weighted by Gasteiger charge is 2.34. The molecule has 0 bridgehead atoms. The van der Waals surface area contributed by atoms with Gasteiger partial charge in [-0.3, -0.25) is 0 Å². The van der Waals surface area contributed by atoms with Crippen LogP contribution in [0.15, 0.2) is 36.8 Å². The van der Waals surface area contributed by atoms with Crippen molar-refractivity contribution >= 4 is 0 Å². The molecule has 0 fully saturated rings. The van der Waals surface area contributed by atoms with E-state index in [1.165, 1.54) is 18.6 Å². The van der Waals surface area contributed by atoms with Crippen molar-refractivity contribution in [3.8, 4) is 0 Å². The van der Waals surface area contributed by atoms with E-state index < -0.39 is 23.6 Å². The Morgan fingerprint density at radius 2 is 1.95 bits per heavy atom. The first kappa shape index (κ1) is 14.4. The lowest BCUT2D eigenvalue weighted by molar-refractivity contribution is -0.140. The molecule has 1 heterocycles. The summed E-state index contributed by atoms with van der Waals surface area (Å²) in [6, 6.07) is 3.93. The molecular weight excluding hydrogens is 274 g/mol. The van der Waals surface area contributed by atoms with Crippen molar-refractivity contribution in [1.82, 2.24) is 15.3 Å². The summed E-state index contributed by atoms with van der Waals surface area (Å²) in [6.07, 6.45) is -1.88. The van der Waals surface area contributed by atoms with Crippen LogP contribution >= 0.6 is 0 Å². The topological polar surface area (TPSA) is 37.8 Å². The van der Waals surface area contributed by atoms with Crippen LogP contribution in [-0.4, -0.2) is 17.0 Å². The third-order valence-electron chi connectivity index (χ3n) is 2.82. The minimum absolute atomic E-state index is 0.358. The number of hydrogen-bond acceptors (Lipinski definition) is 3. The number of nitrogens with zero attached hydrogens (tertiary/aromatic N) is 2. The van der Waals surface area contributed by atoms with E-state index >= 15 is 0 Å². The van der Waals surface area contributed by atoms with Gasteiger partial charge in [-0.2, -0.15) is 13.2 Å². The molecule has 2 aromatic rings. The third-order valence-corrected chi connectivity index (χ3v) is 2.82. The minimum atomic E-state index is -4.70. The van der Waals surface area contributed by atoms with Gasteiger partial charge in [-0.25, -0.2) is 14.4 Å². The zero-order chi connectivity index (χ0) is 14.8. The second-order valence-electron chi connectivity index (χ2n) is 4.09. The Labute approximate surface area is 112 Å². The summed E-state index contributed by atoms with van der Waals surface area (Å²) in [4.78, 5) is 7.77. The van der Waals surface area contributed by atoms with Gasteiger partial charge in [0.25, 0.3) is 0 Å². The maximum Gasteiger partial charge on any atom is 0.419 e. The van der Waals surface area contributed by atoms with Crippen molar-refractivity contribution in [3.63, 3.8) is 0 Å². The van der Waals surface area contributed by atoms with E-state index in [9.17, 15) is 17.6 Å². The van der Waals surface area contributed by atoms with Crippen LogP contribution in [0.5, 0.6) is 0 Å². The van der Waals surface area contributed by atoms with Gasteiger partial charge in [-0.05, 0) is 30.8 Å². The predicted molar refractivity (Wildman–Crippen MR) is 64.3 cm³/mol. The summed E-state index contributed by atoms with van der Waals surface area (Å²) in [5, 5.41) is 2.88. The highest BCUT2D eigenvalue weighted by Crippen LogP contribution is 2.33. The number of halogens is 4. The lowest BCUT2D eigenvalue weighted by Gasteiger charge is -2.17. The van der Waals surface area contributed by atoms with Crippen LogP contribution in [0.3, 0.4) is 0 Å². The van der Waals surface area contributed by atoms with Crippen molar-refractivity contribution in [1.29, 1.82) is 0 Å². The molecule has 106 valence electrons. The number of nitrogens with one attached hydrogen (secondary N) is 1. The van der Waals surface area contributed by atoms with E-state index in [1.54, 1.807) is 13.1 Å². The number of hydrogen-bond donors (Lipinski definition) is 1. The second-order valence-corrected chi connectivity index (χ2v) is 4.09. The number of rotatable bonds is 3. The first-order chi connectivity index (χ1) is 9.43. The molecule has 0 saturated carbocycles. The van der Waals surface area contributed by atoms with E-state index in [4.69, 9.17) is 0 Å². The molecule has 1 N–H and O–H groups in total. The van der Waals surface area contributed by atoms with Crippen LogP contribution in [-0.2, 0) is 6.18 Å². The van der Waals surface area contributed by atoms with Gasteiger partial charge in [0, 0.05) is 6.20 Å². The van der Waals surface area contributed by atoms with Crippen LogP contribution in [0.2, 0.25) is 0 Å². The molecule has 1 aromatic carbocycles. The van der Waals surface area contributed by atoms with Crippen molar-refractivity contribution in [2.24, 2.45) is 0 Å². The molecule has 0 aliphatic heterocycles. The average molecular weight is 285 g/mol. The molecule has 0 aliphatic rings. The summed E-state index contributed by atoms with van der Waals surface area (Å²) in [6.45, 7) is 0. The van der Waals surface area contributed by atoms with E-state index in [2.05, 4.69) is 15.3 Å². The molecule has 1 atom stereocenters. The summed E-state index contributed by atoms with van der Waals surface area (Å²) >= 11 is 0. The molecule has 1 unspecified atom stereocenters. The molecule has 7 heteroatoms. The molecule has 0 amide bonds. The van der Waals surface area contributed by atoms with E-state index in [0.717, 1.165) is 12.1 Å². The highest BCUT2D eigenvalue weighted by molar-refractivity contribution is 5.32. The Balaban J connectivity index is 2.40. The van der Waals surface area contributed by atoms with Gasteiger partial charge < -0.3 is 5.32 Å². The average Bonchev–Trinajstić information content (AvgIpc) is 2.39. The molecular formula is C13H11F4N3. The van der Waals surface area contributed by atoms with Gasteiger partial charge in [-0.15, -0.1) is 0 Å². The summed E-state index contributed by atoms with van der Waals surface area (Å²) < 4.78 is 51.1. The summed E-state index contributed by atoms with van der Waals surface area (Å²) in [5.74, 6) is -1.30. The van der Waals surface area contributed by atoms with Crippen molar-refractivity contribution < 1.29 is 17.6 Å². The molecule has 0 radical (unpaired) electrons. The number of benzene rings is 1. The fourth-order valence-electron chi connectivity index (χ4n) is 1.90. The van der Waals surface area contributed by atoms with Gasteiger partial charge in [0.1, 0.15) is 12.1 Å². The van der Waals surface area contributed by atoms with Gasteiger partial charge in [0.05, 0.1) is 17.3 Å². The number of alkyl halides is 3. The highest BCUT2D eigenvalue weighted by atomic mass is 19.4. The van der Waals surface area contributed by atoms with E-state index in [0.29, 0.717) is 11.3 Å². The zero-order valence-electron chi connectivity index (χ0n) is 10.4. The van der Waals surface area contributed by atoms with E-state index in [1.807, 2.05) is 0 Å². The monoisotopic (exact) mass is 285 g/mol. The molecule has 3 nitrogen and oxygen atoms in total.